The van der Waals surface area contributed by atoms with Gasteiger partial charge in [-0.15, -0.1) is 11.3 Å². The summed E-state index contributed by atoms with van der Waals surface area (Å²) in [4.78, 5) is 33.5. The van der Waals surface area contributed by atoms with E-state index in [-0.39, 0.29) is 17.4 Å². The molecule has 0 saturated carbocycles. The molecule has 6 nitrogen and oxygen atoms in total. The SMILES string of the molecule is Cc1ccc2nc(N3C(=O)C(=O)C(=C(O)c4ccc5c(c4)C[C@@H](C)O5)[C@H]3c3cccs3)sc2c1. The zero-order valence-corrected chi connectivity index (χ0v) is 20.1. The Balaban J connectivity index is 1.51. The fourth-order valence-electron chi connectivity index (χ4n) is 4.59. The van der Waals surface area contributed by atoms with E-state index < -0.39 is 17.7 Å². The number of amides is 1. The predicted molar refractivity (Wildman–Crippen MR) is 134 cm³/mol. The first-order valence-corrected chi connectivity index (χ1v) is 12.6. The Bertz CT molecular complexity index is 1500. The van der Waals surface area contributed by atoms with Gasteiger partial charge in [0.15, 0.2) is 5.13 Å². The van der Waals surface area contributed by atoms with Crippen molar-refractivity contribution in [1.82, 2.24) is 4.98 Å². The van der Waals surface area contributed by atoms with E-state index in [0.29, 0.717) is 10.7 Å². The maximum Gasteiger partial charge on any atom is 0.301 e. The van der Waals surface area contributed by atoms with Gasteiger partial charge in [0.05, 0.1) is 15.8 Å². The number of aliphatic hydroxyl groups excluding tert-OH is 1. The number of thiazole rings is 1. The molecule has 4 aromatic rings. The highest BCUT2D eigenvalue weighted by atomic mass is 32.1. The molecule has 4 heterocycles. The van der Waals surface area contributed by atoms with Crippen LogP contribution in [0.4, 0.5) is 5.13 Å². The number of aryl methyl sites for hydroxylation is 1. The molecular formula is C26H20N2O4S2. The number of thiophene rings is 1. The molecule has 2 aliphatic rings. The summed E-state index contributed by atoms with van der Waals surface area (Å²) in [5.74, 6) is -0.798. The molecule has 2 aromatic heterocycles. The summed E-state index contributed by atoms with van der Waals surface area (Å²) in [5.41, 5.74) is 3.41. The molecule has 8 heteroatoms. The number of anilines is 1. The maximum atomic E-state index is 13.3. The van der Waals surface area contributed by atoms with Crippen molar-refractivity contribution in [3.8, 4) is 5.75 Å². The lowest BCUT2D eigenvalue weighted by molar-refractivity contribution is -0.132. The van der Waals surface area contributed by atoms with E-state index in [4.69, 9.17) is 4.74 Å². The van der Waals surface area contributed by atoms with Crippen LogP contribution in [0.25, 0.3) is 16.0 Å². The monoisotopic (exact) mass is 488 g/mol. The summed E-state index contributed by atoms with van der Waals surface area (Å²) < 4.78 is 6.70. The molecule has 170 valence electrons. The van der Waals surface area contributed by atoms with Crippen LogP contribution in [0.1, 0.15) is 34.5 Å². The molecule has 6 rings (SSSR count). The van der Waals surface area contributed by atoms with Gasteiger partial charge in [-0.1, -0.05) is 23.5 Å². The van der Waals surface area contributed by atoms with Crippen LogP contribution in [0.5, 0.6) is 5.75 Å². The Morgan fingerprint density at radius 2 is 2.03 bits per heavy atom. The average Bonchev–Trinajstić information content (AvgIpc) is 3.58. The van der Waals surface area contributed by atoms with Crippen molar-refractivity contribution in [1.29, 1.82) is 0 Å². The lowest BCUT2D eigenvalue weighted by Gasteiger charge is -2.21. The Morgan fingerprint density at radius 3 is 2.82 bits per heavy atom. The minimum atomic E-state index is -0.745. The van der Waals surface area contributed by atoms with E-state index in [1.165, 1.54) is 27.6 Å². The highest BCUT2D eigenvalue weighted by molar-refractivity contribution is 7.22. The van der Waals surface area contributed by atoms with Gasteiger partial charge in [-0.3, -0.25) is 14.5 Å². The third-order valence-corrected chi connectivity index (χ3v) is 8.11. The van der Waals surface area contributed by atoms with Crippen LogP contribution >= 0.6 is 22.7 Å². The van der Waals surface area contributed by atoms with Crippen molar-refractivity contribution in [2.75, 3.05) is 4.90 Å². The lowest BCUT2D eigenvalue weighted by Crippen LogP contribution is -2.28. The van der Waals surface area contributed by atoms with Gasteiger partial charge in [0.25, 0.3) is 5.78 Å². The number of fused-ring (bicyclic) bond motifs is 2. The molecular weight excluding hydrogens is 468 g/mol. The molecule has 34 heavy (non-hydrogen) atoms. The fourth-order valence-corrected chi connectivity index (χ4v) is 6.51. The van der Waals surface area contributed by atoms with Gasteiger partial charge < -0.3 is 9.84 Å². The van der Waals surface area contributed by atoms with E-state index in [9.17, 15) is 14.7 Å². The molecule has 1 N–H and O–H groups in total. The lowest BCUT2D eigenvalue weighted by atomic mass is 9.98. The molecule has 2 aliphatic heterocycles. The molecule has 1 saturated heterocycles. The summed E-state index contributed by atoms with van der Waals surface area (Å²) in [6, 6.07) is 14.3. The average molecular weight is 489 g/mol. The topological polar surface area (TPSA) is 79.7 Å². The number of aromatic nitrogens is 1. The summed E-state index contributed by atoms with van der Waals surface area (Å²) in [5, 5.41) is 13.7. The van der Waals surface area contributed by atoms with Crippen LogP contribution in [0.15, 0.2) is 59.5 Å². The van der Waals surface area contributed by atoms with Gasteiger partial charge in [0.1, 0.15) is 23.7 Å². The normalized spacial score (nSPS) is 21.3. The second-order valence-corrected chi connectivity index (χ2v) is 10.6. The smallest absolute Gasteiger partial charge is 0.301 e. The Labute approximate surface area is 203 Å². The van der Waals surface area contributed by atoms with E-state index in [1.807, 2.05) is 55.6 Å². The van der Waals surface area contributed by atoms with Crippen molar-refractivity contribution in [2.45, 2.75) is 32.4 Å². The van der Waals surface area contributed by atoms with Crippen molar-refractivity contribution in [3.05, 3.63) is 81.1 Å². The molecule has 2 aromatic carbocycles. The minimum absolute atomic E-state index is 0.0618. The summed E-state index contributed by atoms with van der Waals surface area (Å²) >= 11 is 2.80. The zero-order chi connectivity index (χ0) is 23.6. The number of rotatable bonds is 3. The number of hydrogen-bond acceptors (Lipinski definition) is 7. The summed E-state index contributed by atoms with van der Waals surface area (Å²) in [6.45, 7) is 3.99. The van der Waals surface area contributed by atoms with E-state index >= 15 is 0 Å². The van der Waals surface area contributed by atoms with Gasteiger partial charge in [-0.05, 0) is 66.8 Å². The summed E-state index contributed by atoms with van der Waals surface area (Å²) in [6.07, 6.45) is 0.788. The van der Waals surface area contributed by atoms with Crippen molar-refractivity contribution in [3.63, 3.8) is 0 Å². The standard InChI is InChI=1S/C26H20N2O4S2/c1-13-5-7-17-20(10-13)34-26(27-17)28-22(19-4-3-9-33-19)21(24(30)25(28)31)23(29)15-6-8-18-16(12-15)11-14(2)32-18/h3-10,12,14,22,29H,11H2,1-2H3/t14-,22-/m1/s1. The molecule has 0 aliphatic carbocycles. The van der Waals surface area contributed by atoms with Gasteiger partial charge in [0.2, 0.25) is 0 Å². The van der Waals surface area contributed by atoms with Crippen LogP contribution < -0.4 is 9.64 Å². The molecule has 1 fully saturated rings. The van der Waals surface area contributed by atoms with Crippen LogP contribution in [0.3, 0.4) is 0 Å². The number of Topliss-reactive ketones (excluding diaryl/α,β-unsaturated/α-hetero) is 1. The highest BCUT2D eigenvalue weighted by Crippen LogP contribution is 2.46. The minimum Gasteiger partial charge on any atom is -0.507 e. The first-order chi connectivity index (χ1) is 16.4. The molecule has 0 spiro atoms. The van der Waals surface area contributed by atoms with Crippen molar-refractivity contribution < 1.29 is 19.4 Å². The van der Waals surface area contributed by atoms with Crippen molar-refractivity contribution in [2.24, 2.45) is 0 Å². The van der Waals surface area contributed by atoms with Crippen LogP contribution in [0, 0.1) is 6.92 Å². The third-order valence-electron chi connectivity index (χ3n) is 6.17. The van der Waals surface area contributed by atoms with Gasteiger partial charge in [-0.2, -0.15) is 0 Å². The quantitative estimate of drug-likeness (QED) is 0.230. The van der Waals surface area contributed by atoms with E-state index in [2.05, 4.69) is 4.98 Å². The first kappa shape index (κ1) is 21.1. The largest absolute Gasteiger partial charge is 0.507 e. The number of hydrogen-bond donors (Lipinski definition) is 1. The Kier molecular flexibility index (Phi) is 4.82. The highest BCUT2D eigenvalue weighted by Gasteiger charge is 2.48. The molecule has 0 radical (unpaired) electrons. The molecule has 2 atom stereocenters. The molecule has 1 amide bonds. The van der Waals surface area contributed by atoms with Crippen LogP contribution in [-0.2, 0) is 16.0 Å². The number of nitrogens with zero attached hydrogens (tertiary/aromatic N) is 2. The van der Waals surface area contributed by atoms with Gasteiger partial charge in [-0.25, -0.2) is 4.98 Å². The zero-order valence-electron chi connectivity index (χ0n) is 18.4. The van der Waals surface area contributed by atoms with E-state index in [1.54, 1.807) is 12.1 Å². The second-order valence-electron chi connectivity index (χ2n) is 8.61. The van der Waals surface area contributed by atoms with Gasteiger partial charge in [0, 0.05) is 16.9 Å². The fraction of sp³-hybridized carbons (Fsp3) is 0.192. The second kappa shape index (κ2) is 7.78. The Hall–Kier alpha value is -3.49. The first-order valence-electron chi connectivity index (χ1n) is 10.9. The third kappa shape index (κ3) is 3.25. The molecule has 0 unspecified atom stereocenters. The predicted octanol–water partition coefficient (Wildman–Crippen LogP) is 5.62. The maximum absolute atomic E-state index is 13.3. The number of aliphatic hydroxyl groups is 1. The number of ether oxygens (including phenoxy) is 1. The van der Waals surface area contributed by atoms with Crippen LogP contribution in [-0.4, -0.2) is 27.9 Å². The van der Waals surface area contributed by atoms with Gasteiger partial charge >= 0.3 is 5.91 Å². The van der Waals surface area contributed by atoms with Crippen LogP contribution in [0.2, 0.25) is 0 Å². The number of carbonyl (C=O) groups excluding carboxylic acids is 2. The number of carbonyl (C=O) groups is 2. The number of benzene rings is 2. The van der Waals surface area contributed by atoms with Crippen molar-refractivity contribution >= 4 is 55.5 Å². The Morgan fingerprint density at radius 1 is 1.18 bits per heavy atom. The summed E-state index contributed by atoms with van der Waals surface area (Å²) in [7, 11) is 0. The van der Waals surface area contributed by atoms with E-state index in [0.717, 1.165) is 38.4 Å². The number of ketones is 1. The molecule has 0 bridgehead atoms.